The van der Waals surface area contributed by atoms with Crippen molar-refractivity contribution in [2.45, 2.75) is 12.9 Å². The summed E-state index contributed by atoms with van der Waals surface area (Å²) in [7, 11) is -2.81. The van der Waals surface area contributed by atoms with Gasteiger partial charge in [-0.05, 0) is 6.07 Å². The molecule has 0 aromatic heterocycles. The maximum Gasteiger partial charge on any atom is 0.573 e. The Hall–Kier alpha value is -1.32. The first-order chi connectivity index (χ1) is 8.09. The number of alkyl halides is 3. The fourth-order valence-corrected chi connectivity index (χ4v) is 1.51. The fourth-order valence-electron chi connectivity index (χ4n) is 1.19. The van der Waals surface area contributed by atoms with Gasteiger partial charge in [0.2, 0.25) is 0 Å². The van der Waals surface area contributed by atoms with Crippen LogP contribution in [0, 0.1) is 0 Å². The Morgan fingerprint density at radius 3 is 2.39 bits per heavy atom. The molecule has 2 N–H and O–H groups in total. The minimum atomic E-state index is -4.84. The van der Waals surface area contributed by atoms with Gasteiger partial charge in [-0.2, -0.15) is 12.7 Å². The summed E-state index contributed by atoms with van der Waals surface area (Å²) < 4.78 is 62.8. The van der Waals surface area contributed by atoms with Crippen molar-refractivity contribution in [3.8, 4) is 5.75 Å². The summed E-state index contributed by atoms with van der Waals surface area (Å²) in [5.41, 5.74) is 0.0614. The van der Waals surface area contributed by atoms with Crippen LogP contribution in [-0.2, 0) is 16.8 Å². The van der Waals surface area contributed by atoms with Crippen LogP contribution in [0.2, 0.25) is 0 Å². The molecular formula is C9H11F3N2O3S. The van der Waals surface area contributed by atoms with E-state index < -0.39 is 22.3 Å². The molecule has 0 aliphatic carbocycles. The van der Waals surface area contributed by atoms with Crippen LogP contribution in [0.4, 0.5) is 13.2 Å². The standard InChI is InChI=1S/C9H11F3N2O3S/c1-14(18(13,15)16)6-7-4-2-3-5-8(7)17-9(10,11)12/h2-5H,6H2,1H3,(H2,13,15,16). The van der Waals surface area contributed by atoms with Gasteiger partial charge in [-0.15, -0.1) is 13.2 Å². The lowest BCUT2D eigenvalue weighted by Crippen LogP contribution is -2.33. The third-order valence-electron chi connectivity index (χ3n) is 2.03. The topological polar surface area (TPSA) is 72.6 Å². The quantitative estimate of drug-likeness (QED) is 0.903. The number of halogens is 3. The number of nitrogens with zero attached hydrogens (tertiary/aromatic N) is 1. The van der Waals surface area contributed by atoms with Crippen LogP contribution in [0.25, 0.3) is 0 Å². The van der Waals surface area contributed by atoms with Gasteiger partial charge >= 0.3 is 6.36 Å². The predicted octanol–water partition coefficient (Wildman–Crippen LogP) is 1.22. The molecule has 5 nitrogen and oxygen atoms in total. The normalized spacial score (nSPS) is 12.8. The second-order valence-corrected chi connectivity index (χ2v) is 5.11. The van der Waals surface area contributed by atoms with E-state index in [0.717, 1.165) is 13.1 Å². The van der Waals surface area contributed by atoms with Crippen molar-refractivity contribution in [1.29, 1.82) is 0 Å². The fraction of sp³-hybridized carbons (Fsp3) is 0.333. The Balaban J connectivity index is 2.96. The van der Waals surface area contributed by atoms with Gasteiger partial charge in [0.25, 0.3) is 10.2 Å². The molecule has 1 aromatic carbocycles. The smallest absolute Gasteiger partial charge is 0.405 e. The van der Waals surface area contributed by atoms with Crippen molar-refractivity contribution >= 4 is 10.2 Å². The van der Waals surface area contributed by atoms with Crippen LogP contribution < -0.4 is 9.88 Å². The summed E-state index contributed by atoms with van der Waals surface area (Å²) >= 11 is 0. The Labute approximate surface area is 102 Å². The third kappa shape index (κ3) is 4.51. The minimum Gasteiger partial charge on any atom is -0.405 e. The van der Waals surface area contributed by atoms with Crippen LogP contribution >= 0.6 is 0 Å². The molecule has 1 aromatic rings. The first-order valence-corrected chi connectivity index (χ1v) is 6.17. The van der Waals surface area contributed by atoms with Gasteiger partial charge in [-0.3, -0.25) is 0 Å². The Morgan fingerprint density at radius 1 is 1.33 bits per heavy atom. The lowest BCUT2D eigenvalue weighted by molar-refractivity contribution is -0.274. The first kappa shape index (κ1) is 14.7. The molecule has 0 aliphatic rings. The molecule has 0 bridgehead atoms. The molecule has 9 heteroatoms. The van der Waals surface area contributed by atoms with Crippen molar-refractivity contribution < 1.29 is 26.3 Å². The highest BCUT2D eigenvalue weighted by Gasteiger charge is 2.32. The molecule has 0 aliphatic heterocycles. The molecular weight excluding hydrogens is 273 g/mol. The van der Waals surface area contributed by atoms with Crippen molar-refractivity contribution in [2.24, 2.45) is 5.14 Å². The molecule has 0 spiro atoms. The highest BCUT2D eigenvalue weighted by molar-refractivity contribution is 7.86. The van der Waals surface area contributed by atoms with E-state index in [2.05, 4.69) is 4.74 Å². The largest absolute Gasteiger partial charge is 0.573 e. The van der Waals surface area contributed by atoms with E-state index in [9.17, 15) is 21.6 Å². The molecule has 0 atom stereocenters. The number of ether oxygens (including phenoxy) is 1. The van der Waals surface area contributed by atoms with Crippen molar-refractivity contribution in [3.05, 3.63) is 29.8 Å². The summed E-state index contributed by atoms with van der Waals surface area (Å²) in [4.78, 5) is 0. The zero-order valence-electron chi connectivity index (χ0n) is 9.31. The molecule has 0 heterocycles. The SMILES string of the molecule is CN(Cc1ccccc1OC(F)(F)F)S(N)(=O)=O. The summed E-state index contributed by atoms with van der Waals surface area (Å²) in [5, 5.41) is 4.84. The zero-order valence-corrected chi connectivity index (χ0v) is 10.1. The second kappa shape index (κ2) is 5.12. The first-order valence-electron chi connectivity index (χ1n) is 4.67. The molecule has 0 saturated carbocycles. The summed E-state index contributed by atoms with van der Waals surface area (Å²) in [6, 6.07) is 5.24. The molecule has 102 valence electrons. The molecule has 1 rings (SSSR count). The lowest BCUT2D eigenvalue weighted by atomic mass is 10.2. The number of hydrogen-bond acceptors (Lipinski definition) is 3. The number of para-hydroxylation sites is 1. The predicted molar refractivity (Wildman–Crippen MR) is 57.7 cm³/mol. The molecule has 0 radical (unpaired) electrons. The Morgan fingerprint density at radius 2 is 1.89 bits per heavy atom. The van der Waals surface area contributed by atoms with Crippen molar-refractivity contribution in [1.82, 2.24) is 4.31 Å². The highest BCUT2D eigenvalue weighted by Crippen LogP contribution is 2.27. The number of nitrogens with two attached hydrogens (primary N) is 1. The van der Waals surface area contributed by atoms with Crippen LogP contribution in [0.5, 0.6) is 5.75 Å². The highest BCUT2D eigenvalue weighted by atomic mass is 32.2. The third-order valence-corrected chi connectivity index (χ3v) is 3.02. The summed E-state index contributed by atoms with van der Waals surface area (Å²) in [6.45, 7) is -0.314. The average molecular weight is 284 g/mol. The van der Waals surface area contributed by atoms with Gasteiger partial charge in [0.05, 0.1) is 0 Å². The van der Waals surface area contributed by atoms with Gasteiger partial charge in [-0.25, -0.2) is 5.14 Å². The monoisotopic (exact) mass is 284 g/mol. The molecule has 0 fully saturated rings. The van der Waals surface area contributed by atoms with Crippen LogP contribution in [0.1, 0.15) is 5.56 Å². The zero-order chi connectivity index (χ0) is 14.0. The minimum absolute atomic E-state index is 0.0614. The van der Waals surface area contributed by atoms with E-state index in [0.29, 0.717) is 4.31 Å². The Kier molecular flexibility index (Phi) is 4.20. The summed E-state index contributed by atoms with van der Waals surface area (Å²) in [5.74, 6) is -0.458. The molecule has 0 saturated heterocycles. The number of hydrogen-bond donors (Lipinski definition) is 1. The van der Waals surface area contributed by atoms with Gasteiger partial charge in [0.15, 0.2) is 0 Å². The molecule has 0 unspecified atom stereocenters. The van der Waals surface area contributed by atoms with E-state index in [1.54, 1.807) is 0 Å². The van der Waals surface area contributed by atoms with E-state index in [-0.39, 0.29) is 12.1 Å². The van der Waals surface area contributed by atoms with Crippen molar-refractivity contribution in [2.75, 3.05) is 7.05 Å². The van der Waals surface area contributed by atoms with Gasteiger partial charge in [-0.1, -0.05) is 18.2 Å². The number of rotatable bonds is 4. The Bertz CT molecular complexity index is 516. The molecule has 0 amide bonds. The van der Waals surface area contributed by atoms with Gasteiger partial charge in [0.1, 0.15) is 5.75 Å². The lowest BCUT2D eigenvalue weighted by Gasteiger charge is -2.17. The van der Waals surface area contributed by atoms with Crippen LogP contribution in [-0.4, -0.2) is 26.1 Å². The van der Waals surface area contributed by atoms with Gasteiger partial charge in [0, 0.05) is 19.2 Å². The summed E-state index contributed by atoms with van der Waals surface area (Å²) in [6.07, 6.45) is -4.84. The maximum absolute atomic E-state index is 12.1. The second-order valence-electron chi connectivity index (χ2n) is 3.46. The molecule has 18 heavy (non-hydrogen) atoms. The van der Waals surface area contributed by atoms with Crippen molar-refractivity contribution in [3.63, 3.8) is 0 Å². The van der Waals surface area contributed by atoms with Crippen LogP contribution in [0.3, 0.4) is 0 Å². The number of benzene rings is 1. The van der Waals surface area contributed by atoms with Gasteiger partial charge < -0.3 is 4.74 Å². The maximum atomic E-state index is 12.1. The average Bonchev–Trinajstić information content (AvgIpc) is 2.17. The van der Waals surface area contributed by atoms with E-state index in [1.165, 1.54) is 18.2 Å². The van der Waals surface area contributed by atoms with E-state index in [1.807, 2.05) is 0 Å². The van der Waals surface area contributed by atoms with E-state index in [4.69, 9.17) is 5.14 Å². The van der Waals surface area contributed by atoms with E-state index >= 15 is 0 Å². The van der Waals surface area contributed by atoms with Crippen LogP contribution in [0.15, 0.2) is 24.3 Å².